The van der Waals surface area contributed by atoms with Gasteiger partial charge in [0.05, 0.1) is 5.56 Å². The number of ketones is 1. The maximum Gasteiger partial charge on any atom is 0.422 e. The molecule has 0 radical (unpaired) electrons. The molecule has 1 aromatic carbocycles. The smallest absolute Gasteiger partial charge is 0.422 e. The Morgan fingerprint density at radius 2 is 2.00 bits per heavy atom. The summed E-state index contributed by atoms with van der Waals surface area (Å²) in [6.07, 6.45) is -1.23. The number of carbonyl (C=O) groups is 1. The van der Waals surface area contributed by atoms with Crippen LogP contribution in [0.25, 0.3) is 11.1 Å². The van der Waals surface area contributed by atoms with E-state index in [2.05, 4.69) is 4.98 Å². The van der Waals surface area contributed by atoms with Gasteiger partial charge < -0.3 is 4.74 Å². The molecular weight excluding hydrogens is 283 g/mol. The number of hydrogen-bond donors (Lipinski definition) is 0. The van der Waals surface area contributed by atoms with Crippen molar-refractivity contribution in [3.63, 3.8) is 0 Å². The molecule has 0 aliphatic heterocycles. The van der Waals surface area contributed by atoms with Crippen molar-refractivity contribution in [3.05, 3.63) is 48.3 Å². The molecule has 3 nitrogen and oxygen atoms in total. The van der Waals surface area contributed by atoms with E-state index < -0.39 is 12.8 Å². The molecule has 0 aliphatic rings. The lowest BCUT2D eigenvalue weighted by atomic mass is 10.0. The summed E-state index contributed by atoms with van der Waals surface area (Å²) in [5, 5.41) is 0. The number of benzene rings is 1. The maximum atomic E-state index is 12.2. The molecule has 0 aliphatic carbocycles. The molecular formula is C15H12F3NO2. The average Bonchev–Trinajstić information content (AvgIpc) is 2.45. The van der Waals surface area contributed by atoms with Gasteiger partial charge in [-0.3, -0.25) is 9.78 Å². The quantitative estimate of drug-likeness (QED) is 0.803. The Balaban J connectivity index is 2.34. The molecule has 0 bridgehead atoms. The van der Waals surface area contributed by atoms with Crippen LogP contribution in [0.4, 0.5) is 13.2 Å². The summed E-state index contributed by atoms with van der Waals surface area (Å²) in [5.41, 5.74) is 1.57. The topological polar surface area (TPSA) is 39.2 Å². The Labute approximate surface area is 119 Å². The molecule has 1 aromatic heterocycles. The molecule has 2 aromatic rings. The van der Waals surface area contributed by atoms with Gasteiger partial charge in [0.25, 0.3) is 0 Å². The second kappa shape index (κ2) is 5.95. The number of nitrogens with zero attached hydrogens (tertiary/aromatic N) is 1. The van der Waals surface area contributed by atoms with E-state index in [1.165, 1.54) is 19.1 Å². The first-order chi connectivity index (χ1) is 9.87. The van der Waals surface area contributed by atoms with Gasteiger partial charge in [-0.1, -0.05) is 12.1 Å². The van der Waals surface area contributed by atoms with Crippen molar-refractivity contribution in [2.24, 2.45) is 0 Å². The minimum Gasteiger partial charge on any atom is -0.483 e. The molecule has 0 fully saturated rings. The standard InChI is InChI=1S/C15H12F3NO2/c1-10(20)13-7-11(12-3-2-6-19-8-12)4-5-14(13)21-9-15(16,17)18/h2-8H,9H2,1H3. The van der Waals surface area contributed by atoms with Gasteiger partial charge in [0.2, 0.25) is 0 Å². The van der Waals surface area contributed by atoms with E-state index in [0.717, 1.165) is 5.56 Å². The second-order valence-corrected chi connectivity index (χ2v) is 4.41. The molecule has 0 spiro atoms. The number of rotatable bonds is 4. The van der Waals surface area contributed by atoms with Gasteiger partial charge in [-0.05, 0) is 30.7 Å². The molecule has 0 N–H and O–H groups in total. The summed E-state index contributed by atoms with van der Waals surface area (Å²) >= 11 is 0. The van der Waals surface area contributed by atoms with Crippen LogP contribution in [0, 0.1) is 0 Å². The normalized spacial score (nSPS) is 11.2. The number of aromatic nitrogens is 1. The van der Waals surface area contributed by atoms with E-state index in [0.29, 0.717) is 5.56 Å². The molecule has 0 amide bonds. The van der Waals surface area contributed by atoms with Crippen LogP contribution in [-0.2, 0) is 0 Å². The van der Waals surface area contributed by atoms with Gasteiger partial charge in [0.15, 0.2) is 12.4 Å². The van der Waals surface area contributed by atoms with Gasteiger partial charge in [0, 0.05) is 18.0 Å². The number of alkyl halides is 3. The van der Waals surface area contributed by atoms with E-state index in [1.807, 2.05) is 0 Å². The number of hydrogen-bond acceptors (Lipinski definition) is 3. The van der Waals surface area contributed by atoms with Gasteiger partial charge in [0.1, 0.15) is 5.75 Å². The Bertz CT molecular complexity index is 639. The number of halogens is 3. The van der Waals surface area contributed by atoms with Gasteiger partial charge >= 0.3 is 6.18 Å². The third-order valence-electron chi connectivity index (χ3n) is 2.75. The third kappa shape index (κ3) is 4.05. The molecule has 0 saturated carbocycles. The first-order valence-electron chi connectivity index (χ1n) is 6.12. The van der Waals surface area contributed by atoms with Crippen molar-refractivity contribution < 1.29 is 22.7 Å². The van der Waals surface area contributed by atoms with Crippen LogP contribution < -0.4 is 4.74 Å². The van der Waals surface area contributed by atoms with Crippen molar-refractivity contribution in [2.75, 3.05) is 6.61 Å². The predicted molar refractivity (Wildman–Crippen MR) is 71.2 cm³/mol. The highest BCUT2D eigenvalue weighted by molar-refractivity contribution is 5.98. The fourth-order valence-corrected chi connectivity index (χ4v) is 1.80. The monoisotopic (exact) mass is 295 g/mol. The summed E-state index contributed by atoms with van der Waals surface area (Å²) in [6.45, 7) is -0.150. The molecule has 6 heteroatoms. The molecule has 110 valence electrons. The van der Waals surface area contributed by atoms with Crippen LogP contribution in [-0.4, -0.2) is 23.6 Å². The Hall–Kier alpha value is -2.37. The van der Waals surface area contributed by atoms with E-state index >= 15 is 0 Å². The van der Waals surface area contributed by atoms with Crippen molar-refractivity contribution >= 4 is 5.78 Å². The largest absolute Gasteiger partial charge is 0.483 e. The zero-order valence-corrected chi connectivity index (χ0v) is 11.1. The fourth-order valence-electron chi connectivity index (χ4n) is 1.80. The summed E-state index contributed by atoms with van der Waals surface area (Å²) in [4.78, 5) is 15.6. The number of ether oxygens (including phenoxy) is 1. The first kappa shape index (κ1) is 15.0. The minimum atomic E-state index is -4.45. The van der Waals surface area contributed by atoms with E-state index in [-0.39, 0.29) is 17.1 Å². The highest BCUT2D eigenvalue weighted by Crippen LogP contribution is 2.28. The summed E-state index contributed by atoms with van der Waals surface area (Å²) in [7, 11) is 0. The Kier molecular flexibility index (Phi) is 4.26. The number of pyridine rings is 1. The van der Waals surface area contributed by atoms with E-state index in [4.69, 9.17) is 4.74 Å². The van der Waals surface area contributed by atoms with Gasteiger partial charge in [-0.2, -0.15) is 13.2 Å². The maximum absolute atomic E-state index is 12.2. The Morgan fingerprint density at radius 1 is 1.24 bits per heavy atom. The lowest BCUT2D eigenvalue weighted by Crippen LogP contribution is -2.20. The zero-order chi connectivity index (χ0) is 15.5. The molecule has 1 heterocycles. The van der Waals surface area contributed by atoms with E-state index in [9.17, 15) is 18.0 Å². The molecule has 21 heavy (non-hydrogen) atoms. The van der Waals surface area contributed by atoms with Crippen LogP contribution in [0.2, 0.25) is 0 Å². The molecule has 0 saturated heterocycles. The first-order valence-corrected chi connectivity index (χ1v) is 6.12. The molecule has 0 atom stereocenters. The lowest BCUT2D eigenvalue weighted by molar-refractivity contribution is -0.153. The highest BCUT2D eigenvalue weighted by Gasteiger charge is 2.29. The average molecular weight is 295 g/mol. The van der Waals surface area contributed by atoms with Crippen LogP contribution in [0.15, 0.2) is 42.7 Å². The van der Waals surface area contributed by atoms with E-state index in [1.54, 1.807) is 30.6 Å². The number of carbonyl (C=O) groups excluding carboxylic acids is 1. The third-order valence-corrected chi connectivity index (χ3v) is 2.75. The molecule has 2 rings (SSSR count). The predicted octanol–water partition coefficient (Wildman–Crippen LogP) is 3.89. The minimum absolute atomic E-state index is 0.0764. The highest BCUT2D eigenvalue weighted by atomic mass is 19.4. The lowest BCUT2D eigenvalue weighted by Gasteiger charge is -2.13. The van der Waals surface area contributed by atoms with Crippen LogP contribution in [0.1, 0.15) is 17.3 Å². The van der Waals surface area contributed by atoms with Crippen LogP contribution in [0.3, 0.4) is 0 Å². The van der Waals surface area contributed by atoms with Crippen molar-refractivity contribution in [1.82, 2.24) is 4.98 Å². The summed E-state index contributed by atoms with van der Waals surface area (Å²) < 4.78 is 41.3. The Morgan fingerprint density at radius 3 is 2.57 bits per heavy atom. The second-order valence-electron chi connectivity index (χ2n) is 4.41. The number of Topliss-reactive ketones (excluding diaryl/α,β-unsaturated/α-hetero) is 1. The SMILES string of the molecule is CC(=O)c1cc(-c2cccnc2)ccc1OCC(F)(F)F. The summed E-state index contributed by atoms with van der Waals surface area (Å²) in [5.74, 6) is -0.439. The van der Waals surface area contributed by atoms with Crippen molar-refractivity contribution in [2.45, 2.75) is 13.1 Å². The zero-order valence-electron chi connectivity index (χ0n) is 11.1. The molecule has 0 unspecified atom stereocenters. The summed E-state index contributed by atoms with van der Waals surface area (Å²) in [6, 6.07) is 7.99. The van der Waals surface area contributed by atoms with Gasteiger partial charge in [-0.25, -0.2) is 0 Å². The van der Waals surface area contributed by atoms with Crippen LogP contribution in [0.5, 0.6) is 5.75 Å². The van der Waals surface area contributed by atoms with Crippen molar-refractivity contribution in [1.29, 1.82) is 0 Å². The van der Waals surface area contributed by atoms with Gasteiger partial charge in [-0.15, -0.1) is 0 Å². The van der Waals surface area contributed by atoms with Crippen molar-refractivity contribution in [3.8, 4) is 16.9 Å². The fraction of sp³-hybridized carbons (Fsp3) is 0.200. The van der Waals surface area contributed by atoms with Crippen LogP contribution >= 0.6 is 0 Å².